The Morgan fingerprint density at radius 1 is 0.939 bits per heavy atom. The summed E-state index contributed by atoms with van der Waals surface area (Å²) >= 11 is 0. The van der Waals surface area contributed by atoms with Gasteiger partial charge in [-0.2, -0.15) is 9.78 Å². The number of amides is 1. The lowest BCUT2D eigenvalue weighted by Crippen LogP contribution is -2.46. The zero-order valence-electron chi connectivity index (χ0n) is 18.4. The number of pyridine rings is 1. The van der Waals surface area contributed by atoms with Crippen molar-refractivity contribution in [2.45, 2.75) is 26.9 Å². The lowest BCUT2D eigenvalue weighted by atomic mass is 10.1. The van der Waals surface area contributed by atoms with Gasteiger partial charge in [0.1, 0.15) is 0 Å². The summed E-state index contributed by atoms with van der Waals surface area (Å²) in [6, 6.07) is 18.1. The molecular weight excluding hydrogens is 418 g/mol. The third-order valence-corrected chi connectivity index (χ3v) is 5.37. The van der Waals surface area contributed by atoms with E-state index in [-0.39, 0.29) is 18.8 Å². The first-order valence-electron chi connectivity index (χ1n) is 10.5. The molecule has 0 bridgehead atoms. The molecule has 8 heteroatoms. The van der Waals surface area contributed by atoms with E-state index in [2.05, 4.69) is 15.4 Å². The molecular formula is C25H23N5O3. The highest BCUT2D eigenvalue weighted by atomic mass is 16.2. The van der Waals surface area contributed by atoms with E-state index in [9.17, 15) is 14.4 Å². The maximum absolute atomic E-state index is 13.3. The Labute approximate surface area is 190 Å². The minimum atomic E-state index is -0.743. The molecule has 0 radical (unpaired) electrons. The molecule has 0 aliphatic heterocycles. The normalized spacial score (nSPS) is 10.7. The van der Waals surface area contributed by atoms with Crippen LogP contribution in [-0.4, -0.2) is 25.2 Å². The summed E-state index contributed by atoms with van der Waals surface area (Å²) in [5.74, 6) is -0.664. The average molecular weight is 441 g/mol. The van der Waals surface area contributed by atoms with Gasteiger partial charge in [-0.05, 0) is 54.3 Å². The third-order valence-electron chi connectivity index (χ3n) is 5.37. The average Bonchev–Trinajstić information content (AvgIpc) is 2.83. The number of aryl methyl sites for hydroxylation is 2. The van der Waals surface area contributed by atoms with Crippen LogP contribution < -0.4 is 16.6 Å². The minimum absolute atomic E-state index is 0.0226. The molecule has 0 aliphatic rings. The van der Waals surface area contributed by atoms with E-state index in [4.69, 9.17) is 0 Å². The summed E-state index contributed by atoms with van der Waals surface area (Å²) in [5.41, 5.74) is 2.32. The molecule has 8 nitrogen and oxygen atoms in total. The van der Waals surface area contributed by atoms with E-state index < -0.39 is 17.2 Å². The highest BCUT2D eigenvalue weighted by Gasteiger charge is 2.20. The smallest absolute Gasteiger partial charge is 0.346 e. The molecule has 0 aliphatic carbocycles. The Kier molecular flexibility index (Phi) is 6.26. The molecule has 0 saturated heterocycles. The van der Waals surface area contributed by atoms with Gasteiger partial charge in [0.05, 0.1) is 12.2 Å². The second-order valence-electron chi connectivity index (χ2n) is 7.73. The Balaban J connectivity index is 1.80. The van der Waals surface area contributed by atoms with Crippen LogP contribution in [0.25, 0.3) is 5.69 Å². The largest absolute Gasteiger partial charge is 0.352 e. The lowest BCUT2D eigenvalue weighted by molar-refractivity contribution is 0.0941. The summed E-state index contributed by atoms with van der Waals surface area (Å²) < 4.78 is 2.15. The van der Waals surface area contributed by atoms with Crippen molar-refractivity contribution < 1.29 is 4.79 Å². The highest BCUT2D eigenvalue weighted by Crippen LogP contribution is 2.12. The predicted octanol–water partition coefficient (Wildman–Crippen LogP) is 2.38. The zero-order valence-corrected chi connectivity index (χ0v) is 18.4. The summed E-state index contributed by atoms with van der Waals surface area (Å²) in [5, 5.41) is 6.87. The van der Waals surface area contributed by atoms with Crippen molar-refractivity contribution in [1.29, 1.82) is 0 Å². The van der Waals surface area contributed by atoms with Crippen LogP contribution in [0.1, 0.15) is 32.7 Å². The number of rotatable bonds is 6. The van der Waals surface area contributed by atoms with Crippen molar-refractivity contribution >= 4 is 5.91 Å². The van der Waals surface area contributed by atoms with Crippen LogP contribution in [0.2, 0.25) is 0 Å². The van der Waals surface area contributed by atoms with Crippen LogP contribution in [0, 0.1) is 13.8 Å². The first-order valence-corrected chi connectivity index (χ1v) is 10.5. The van der Waals surface area contributed by atoms with Crippen LogP contribution in [0.5, 0.6) is 0 Å². The van der Waals surface area contributed by atoms with Gasteiger partial charge in [0.25, 0.3) is 11.5 Å². The topological polar surface area (TPSA) is 98.9 Å². The first kappa shape index (κ1) is 21.9. The van der Waals surface area contributed by atoms with Gasteiger partial charge in [-0.1, -0.05) is 42.5 Å². The molecule has 4 rings (SSSR count). The van der Waals surface area contributed by atoms with Gasteiger partial charge >= 0.3 is 5.69 Å². The van der Waals surface area contributed by atoms with E-state index in [0.29, 0.717) is 5.69 Å². The number of benzene rings is 2. The van der Waals surface area contributed by atoms with Crippen LogP contribution in [-0.2, 0) is 13.1 Å². The molecule has 0 saturated carbocycles. The molecule has 166 valence electrons. The highest BCUT2D eigenvalue weighted by molar-refractivity contribution is 5.91. The fourth-order valence-electron chi connectivity index (χ4n) is 3.36. The van der Waals surface area contributed by atoms with Gasteiger partial charge in [-0.25, -0.2) is 4.79 Å². The Hall–Kier alpha value is -4.33. The van der Waals surface area contributed by atoms with Crippen molar-refractivity contribution in [3.8, 4) is 5.69 Å². The van der Waals surface area contributed by atoms with Gasteiger partial charge in [-0.15, -0.1) is 0 Å². The first-order chi connectivity index (χ1) is 15.9. The van der Waals surface area contributed by atoms with Crippen molar-refractivity contribution in [1.82, 2.24) is 24.6 Å². The molecule has 2 aromatic heterocycles. The SMILES string of the molecule is Cc1ccc(-n2nc(C(=O)NCc3cccnc3)c(=O)n(Cc3ccccc3)c2=O)cc1C. The molecule has 1 amide bonds. The molecule has 33 heavy (non-hydrogen) atoms. The molecule has 1 N–H and O–H groups in total. The third kappa shape index (κ3) is 4.79. The minimum Gasteiger partial charge on any atom is -0.346 e. The Morgan fingerprint density at radius 2 is 1.70 bits per heavy atom. The summed E-state index contributed by atoms with van der Waals surface area (Å²) in [6.07, 6.45) is 3.26. The molecule has 2 aromatic carbocycles. The standard InChI is InChI=1S/C25H23N5O3/c1-17-10-11-21(13-18(17)2)30-25(33)29(16-19-7-4-3-5-8-19)24(32)22(28-30)23(31)27-15-20-9-6-12-26-14-20/h3-14H,15-16H2,1-2H3,(H,27,31). The fraction of sp³-hybridized carbons (Fsp3) is 0.160. The maximum Gasteiger partial charge on any atom is 0.352 e. The van der Waals surface area contributed by atoms with E-state index in [1.165, 1.54) is 0 Å². The molecule has 0 unspecified atom stereocenters. The van der Waals surface area contributed by atoms with Crippen LogP contribution in [0.15, 0.2) is 82.6 Å². The summed E-state index contributed by atoms with van der Waals surface area (Å²) in [6.45, 7) is 4.08. The number of hydrogen-bond acceptors (Lipinski definition) is 5. The van der Waals surface area contributed by atoms with Gasteiger partial charge in [0.15, 0.2) is 0 Å². The van der Waals surface area contributed by atoms with Crippen molar-refractivity contribution in [3.63, 3.8) is 0 Å². The second kappa shape index (κ2) is 9.44. The van der Waals surface area contributed by atoms with E-state index in [1.807, 2.05) is 56.3 Å². The zero-order chi connectivity index (χ0) is 23.4. The number of hydrogen-bond donors (Lipinski definition) is 1. The number of carbonyl (C=O) groups excluding carboxylic acids is 1. The molecule has 0 atom stereocenters. The van der Waals surface area contributed by atoms with Crippen molar-refractivity contribution in [2.75, 3.05) is 0 Å². The van der Waals surface area contributed by atoms with Gasteiger partial charge in [-0.3, -0.25) is 19.1 Å². The summed E-state index contributed by atoms with van der Waals surface area (Å²) in [4.78, 5) is 43.4. The lowest BCUT2D eigenvalue weighted by Gasteiger charge is -2.13. The van der Waals surface area contributed by atoms with Gasteiger partial charge in [0.2, 0.25) is 5.69 Å². The van der Waals surface area contributed by atoms with Crippen LogP contribution in [0.3, 0.4) is 0 Å². The molecule has 0 fully saturated rings. The van der Waals surface area contributed by atoms with Gasteiger partial charge < -0.3 is 5.32 Å². The molecule has 0 spiro atoms. The maximum atomic E-state index is 13.3. The number of nitrogens with zero attached hydrogens (tertiary/aromatic N) is 4. The second-order valence-corrected chi connectivity index (χ2v) is 7.73. The van der Waals surface area contributed by atoms with Crippen molar-refractivity contribution in [3.05, 3.63) is 122 Å². The monoisotopic (exact) mass is 441 g/mol. The van der Waals surface area contributed by atoms with Crippen LogP contribution in [0.4, 0.5) is 0 Å². The van der Waals surface area contributed by atoms with E-state index in [1.54, 1.807) is 30.6 Å². The van der Waals surface area contributed by atoms with E-state index in [0.717, 1.165) is 31.5 Å². The van der Waals surface area contributed by atoms with Gasteiger partial charge in [0, 0.05) is 18.9 Å². The fourth-order valence-corrected chi connectivity index (χ4v) is 3.36. The summed E-state index contributed by atoms with van der Waals surface area (Å²) in [7, 11) is 0. The molecule has 2 heterocycles. The number of aromatic nitrogens is 4. The predicted molar refractivity (Wildman–Crippen MR) is 125 cm³/mol. The number of nitrogens with one attached hydrogen (secondary N) is 1. The van der Waals surface area contributed by atoms with E-state index >= 15 is 0 Å². The Bertz CT molecular complexity index is 1410. The molecule has 4 aromatic rings. The van der Waals surface area contributed by atoms with Crippen molar-refractivity contribution in [2.24, 2.45) is 0 Å². The quantitative estimate of drug-likeness (QED) is 0.495. The van der Waals surface area contributed by atoms with Crippen LogP contribution >= 0.6 is 0 Å². The Morgan fingerprint density at radius 3 is 2.39 bits per heavy atom. The number of carbonyl (C=O) groups is 1.